The summed E-state index contributed by atoms with van der Waals surface area (Å²) in [5.74, 6) is -0.00434. The van der Waals surface area contributed by atoms with Crippen LogP contribution in [0.2, 0.25) is 0 Å². The van der Waals surface area contributed by atoms with E-state index in [-0.39, 0.29) is 11.6 Å². The van der Waals surface area contributed by atoms with Gasteiger partial charge in [0.1, 0.15) is 11.6 Å². The van der Waals surface area contributed by atoms with Crippen LogP contribution in [0.3, 0.4) is 0 Å². The first-order valence-corrected chi connectivity index (χ1v) is 14.0. The number of aryl methyl sites for hydroxylation is 2. The number of carbonyl (C=O) groups is 1. The van der Waals surface area contributed by atoms with Gasteiger partial charge in [-0.2, -0.15) is 0 Å². The van der Waals surface area contributed by atoms with E-state index in [9.17, 15) is 9.18 Å². The number of hydrogen-bond donors (Lipinski definition) is 0. The van der Waals surface area contributed by atoms with Crippen molar-refractivity contribution >= 4 is 5.97 Å². The topological polar surface area (TPSA) is 52.1 Å². The van der Waals surface area contributed by atoms with Gasteiger partial charge in [-0.3, -0.25) is 0 Å². The molecular weight excluding hydrogens is 463 g/mol. The van der Waals surface area contributed by atoms with Gasteiger partial charge in [0.15, 0.2) is 5.82 Å². The summed E-state index contributed by atoms with van der Waals surface area (Å²) in [6, 6.07) is 11.7. The van der Waals surface area contributed by atoms with Crippen LogP contribution in [-0.2, 0) is 12.8 Å². The van der Waals surface area contributed by atoms with Crippen LogP contribution >= 0.6 is 0 Å². The van der Waals surface area contributed by atoms with E-state index >= 15 is 0 Å². The summed E-state index contributed by atoms with van der Waals surface area (Å²) >= 11 is 0. The molecule has 0 amide bonds. The van der Waals surface area contributed by atoms with Crippen molar-refractivity contribution < 1.29 is 13.9 Å². The summed E-state index contributed by atoms with van der Waals surface area (Å²) in [5.41, 5.74) is 3.03. The highest BCUT2D eigenvalue weighted by Crippen LogP contribution is 2.21. The van der Waals surface area contributed by atoms with Crippen molar-refractivity contribution in [3.05, 3.63) is 77.4 Å². The van der Waals surface area contributed by atoms with Gasteiger partial charge < -0.3 is 4.74 Å². The molecule has 2 aromatic carbocycles. The van der Waals surface area contributed by atoms with Gasteiger partial charge in [-0.25, -0.2) is 19.2 Å². The summed E-state index contributed by atoms with van der Waals surface area (Å²) in [7, 11) is 0. The first-order chi connectivity index (χ1) is 18.1. The average molecular weight is 505 g/mol. The zero-order valence-electron chi connectivity index (χ0n) is 22.5. The van der Waals surface area contributed by atoms with Crippen LogP contribution in [0.4, 0.5) is 4.39 Å². The molecule has 0 fully saturated rings. The van der Waals surface area contributed by atoms with Gasteiger partial charge in [0, 0.05) is 24.0 Å². The molecule has 0 atom stereocenters. The van der Waals surface area contributed by atoms with Crippen molar-refractivity contribution in [2.24, 2.45) is 0 Å². The van der Waals surface area contributed by atoms with Crippen LogP contribution in [-0.4, -0.2) is 15.9 Å². The largest absolute Gasteiger partial charge is 0.423 e. The molecule has 4 nitrogen and oxygen atoms in total. The molecule has 0 N–H and O–H groups in total. The second-order valence-electron chi connectivity index (χ2n) is 9.82. The molecular formula is C32H41FN2O2. The van der Waals surface area contributed by atoms with Crippen molar-refractivity contribution in [3.8, 4) is 17.1 Å². The van der Waals surface area contributed by atoms with Crippen LogP contribution < -0.4 is 4.74 Å². The fourth-order valence-corrected chi connectivity index (χ4v) is 4.38. The normalized spacial score (nSPS) is 11.0. The molecule has 1 heterocycles. The smallest absolute Gasteiger partial charge is 0.343 e. The predicted octanol–water partition coefficient (Wildman–Crippen LogP) is 8.92. The van der Waals surface area contributed by atoms with Gasteiger partial charge in [0.05, 0.1) is 5.56 Å². The molecule has 0 aliphatic rings. The minimum Gasteiger partial charge on any atom is -0.423 e. The molecule has 37 heavy (non-hydrogen) atoms. The Kier molecular flexibility index (Phi) is 12.2. The lowest BCUT2D eigenvalue weighted by Gasteiger charge is -2.08. The molecule has 0 aliphatic carbocycles. The van der Waals surface area contributed by atoms with E-state index in [1.807, 2.05) is 12.4 Å². The number of benzene rings is 2. The van der Waals surface area contributed by atoms with Gasteiger partial charge >= 0.3 is 5.97 Å². The molecule has 5 heteroatoms. The Labute approximate surface area is 221 Å². The van der Waals surface area contributed by atoms with Gasteiger partial charge in [-0.05, 0) is 55.0 Å². The molecule has 3 rings (SSSR count). The summed E-state index contributed by atoms with van der Waals surface area (Å²) in [5, 5.41) is 0. The summed E-state index contributed by atoms with van der Waals surface area (Å²) < 4.78 is 20.0. The zero-order chi connectivity index (χ0) is 26.3. The molecule has 0 bridgehead atoms. The fourth-order valence-electron chi connectivity index (χ4n) is 4.38. The van der Waals surface area contributed by atoms with Crippen molar-refractivity contribution in [1.82, 2.24) is 9.97 Å². The van der Waals surface area contributed by atoms with Crippen LogP contribution in [0.5, 0.6) is 5.75 Å². The summed E-state index contributed by atoms with van der Waals surface area (Å²) in [4.78, 5) is 21.6. The maximum atomic E-state index is 14.5. The van der Waals surface area contributed by atoms with E-state index in [0.29, 0.717) is 23.4 Å². The zero-order valence-corrected chi connectivity index (χ0v) is 22.5. The molecule has 0 unspecified atom stereocenters. The molecule has 0 radical (unpaired) electrons. The Balaban J connectivity index is 1.48. The Morgan fingerprint density at radius 2 is 1.35 bits per heavy atom. The van der Waals surface area contributed by atoms with Gasteiger partial charge in [-0.1, -0.05) is 89.8 Å². The van der Waals surface area contributed by atoms with Gasteiger partial charge in [0.2, 0.25) is 0 Å². The summed E-state index contributed by atoms with van der Waals surface area (Å²) in [6.07, 6.45) is 18.7. The number of rotatable bonds is 16. The molecule has 0 saturated carbocycles. The number of ether oxygens (including phenoxy) is 1. The van der Waals surface area contributed by atoms with E-state index in [2.05, 4.69) is 23.8 Å². The highest BCUT2D eigenvalue weighted by molar-refractivity contribution is 5.91. The Bertz CT molecular complexity index is 1080. The lowest BCUT2D eigenvalue weighted by atomic mass is 10.0. The van der Waals surface area contributed by atoms with E-state index in [1.54, 1.807) is 36.4 Å². The minimum atomic E-state index is -0.519. The van der Waals surface area contributed by atoms with E-state index in [1.165, 1.54) is 57.4 Å². The lowest BCUT2D eigenvalue weighted by Crippen LogP contribution is -2.09. The first-order valence-electron chi connectivity index (χ1n) is 14.0. The van der Waals surface area contributed by atoms with Crippen LogP contribution in [0, 0.1) is 5.82 Å². The number of carbonyl (C=O) groups excluding carboxylic acids is 1. The SMILES string of the molecule is CCCCCCCCCc1ccc(OC(=O)c2ccc(-c3ncc(CCCCCC)cn3)cc2)cc1F. The Hall–Kier alpha value is -3.08. The Morgan fingerprint density at radius 1 is 0.757 bits per heavy atom. The highest BCUT2D eigenvalue weighted by Gasteiger charge is 2.12. The van der Waals surface area contributed by atoms with E-state index in [0.717, 1.165) is 36.8 Å². The number of hydrogen-bond acceptors (Lipinski definition) is 4. The van der Waals surface area contributed by atoms with Crippen molar-refractivity contribution in [2.45, 2.75) is 97.3 Å². The van der Waals surface area contributed by atoms with E-state index in [4.69, 9.17) is 4.74 Å². The van der Waals surface area contributed by atoms with Gasteiger partial charge in [-0.15, -0.1) is 0 Å². The standard InChI is InChI=1S/C32H41FN2O2/c1-3-5-7-9-10-11-13-15-26-20-21-29(22-30(26)33)37-32(36)28-18-16-27(17-19-28)31-34-23-25(24-35-31)14-12-8-6-4-2/h16-24H,3-15H2,1-2H3. The number of esters is 1. The maximum absolute atomic E-state index is 14.5. The third-order valence-corrected chi connectivity index (χ3v) is 6.69. The quantitative estimate of drug-likeness (QED) is 0.111. The minimum absolute atomic E-state index is 0.216. The number of halogens is 1. The highest BCUT2D eigenvalue weighted by atomic mass is 19.1. The number of unbranched alkanes of at least 4 members (excludes halogenated alkanes) is 9. The van der Waals surface area contributed by atoms with Crippen molar-refractivity contribution in [1.29, 1.82) is 0 Å². The maximum Gasteiger partial charge on any atom is 0.343 e. The van der Waals surface area contributed by atoms with E-state index < -0.39 is 5.97 Å². The predicted molar refractivity (Wildman–Crippen MR) is 148 cm³/mol. The molecule has 198 valence electrons. The molecule has 0 spiro atoms. The lowest BCUT2D eigenvalue weighted by molar-refractivity contribution is 0.0734. The fraction of sp³-hybridized carbons (Fsp3) is 0.469. The molecule has 3 aromatic rings. The third-order valence-electron chi connectivity index (χ3n) is 6.69. The van der Waals surface area contributed by atoms with Crippen molar-refractivity contribution in [2.75, 3.05) is 0 Å². The van der Waals surface area contributed by atoms with Crippen LogP contribution in [0.25, 0.3) is 11.4 Å². The number of nitrogens with zero attached hydrogens (tertiary/aromatic N) is 2. The molecule has 0 saturated heterocycles. The third kappa shape index (κ3) is 9.71. The monoisotopic (exact) mass is 504 g/mol. The van der Waals surface area contributed by atoms with Crippen LogP contribution in [0.15, 0.2) is 54.9 Å². The molecule has 1 aromatic heterocycles. The van der Waals surface area contributed by atoms with Gasteiger partial charge in [0.25, 0.3) is 0 Å². The first kappa shape index (κ1) is 28.5. The van der Waals surface area contributed by atoms with Crippen molar-refractivity contribution in [3.63, 3.8) is 0 Å². The summed E-state index contributed by atoms with van der Waals surface area (Å²) in [6.45, 7) is 4.42. The Morgan fingerprint density at radius 3 is 2.00 bits per heavy atom. The number of aromatic nitrogens is 2. The molecule has 0 aliphatic heterocycles. The second-order valence-corrected chi connectivity index (χ2v) is 9.82. The average Bonchev–Trinajstić information content (AvgIpc) is 2.92. The second kappa shape index (κ2) is 15.9. The van der Waals surface area contributed by atoms with Crippen LogP contribution in [0.1, 0.15) is 106 Å².